The highest BCUT2D eigenvalue weighted by molar-refractivity contribution is 7.80. The molecule has 3 N–H and O–H groups in total. The number of ether oxygens (including phenoxy) is 1. The van der Waals surface area contributed by atoms with Gasteiger partial charge in [-0.2, -0.15) is 12.6 Å². The number of nitrogens with two attached hydrogens (primary N) is 1. The number of hydrogen-bond acceptors (Lipinski definition) is 5. The van der Waals surface area contributed by atoms with E-state index in [0.717, 1.165) is 0 Å². The van der Waals surface area contributed by atoms with E-state index >= 15 is 0 Å². The van der Waals surface area contributed by atoms with Crippen molar-refractivity contribution in [2.45, 2.75) is 12.5 Å². The average molecular weight is 179 g/mol. The number of esters is 1. The van der Waals surface area contributed by atoms with Crippen molar-refractivity contribution in [3.8, 4) is 0 Å². The van der Waals surface area contributed by atoms with Crippen molar-refractivity contribution in [3.63, 3.8) is 0 Å². The van der Waals surface area contributed by atoms with Crippen LogP contribution in [0, 0.1) is 0 Å². The van der Waals surface area contributed by atoms with E-state index in [0.29, 0.717) is 0 Å². The van der Waals surface area contributed by atoms with Crippen molar-refractivity contribution >= 4 is 18.6 Å². The Balaban J connectivity index is 4.12. The van der Waals surface area contributed by atoms with Crippen LogP contribution < -0.4 is 5.73 Å². The Labute approximate surface area is 71.1 Å². The fourth-order valence-corrected chi connectivity index (χ4v) is 0.683. The molecule has 0 amide bonds. The van der Waals surface area contributed by atoms with Crippen molar-refractivity contribution in [2.75, 3.05) is 19.0 Å². The predicted octanol–water partition coefficient (Wildman–Crippen LogP) is -0.831. The summed E-state index contributed by atoms with van der Waals surface area (Å²) in [7, 11) is 0. The molecule has 0 saturated carbocycles. The molecule has 0 saturated heterocycles. The van der Waals surface area contributed by atoms with Gasteiger partial charge in [0.05, 0.1) is 13.2 Å². The molecule has 0 aromatic heterocycles. The number of aliphatic hydroxyl groups excluding tert-OH is 1. The summed E-state index contributed by atoms with van der Waals surface area (Å²) in [6.45, 7) is 1.48. The zero-order valence-electron chi connectivity index (χ0n) is 6.41. The molecular formula is C6H13NO3S. The van der Waals surface area contributed by atoms with Gasteiger partial charge in [0, 0.05) is 5.75 Å². The van der Waals surface area contributed by atoms with Gasteiger partial charge in [-0.1, -0.05) is 0 Å². The fraction of sp³-hybridized carbons (Fsp3) is 0.833. The van der Waals surface area contributed by atoms with Crippen LogP contribution in [-0.2, 0) is 9.53 Å². The summed E-state index contributed by atoms with van der Waals surface area (Å²) in [6.07, 6.45) is 0. The van der Waals surface area contributed by atoms with Crippen LogP contribution in [0.2, 0.25) is 0 Å². The summed E-state index contributed by atoms with van der Waals surface area (Å²) < 4.78 is 4.62. The zero-order chi connectivity index (χ0) is 8.91. The molecule has 0 aliphatic carbocycles. The van der Waals surface area contributed by atoms with E-state index in [2.05, 4.69) is 17.4 Å². The van der Waals surface area contributed by atoms with Crippen LogP contribution in [0.15, 0.2) is 0 Å². The van der Waals surface area contributed by atoms with E-state index in [9.17, 15) is 4.79 Å². The van der Waals surface area contributed by atoms with Gasteiger partial charge < -0.3 is 15.6 Å². The van der Waals surface area contributed by atoms with Gasteiger partial charge >= 0.3 is 5.97 Å². The number of carbonyl (C=O) groups is 1. The van der Waals surface area contributed by atoms with Crippen molar-refractivity contribution in [2.24, 2.45) is 5.73 Å². The molecule has 0 aromatic carbocycles. The lowest BCUT2D eigenvalue weighted by Gasteiger charge is -2.21. The van der Waals surface area contributed by atoms with Crippen LogP contribution in [0.4, 0.5) is 0 Å². The molecule has 0 heterocycles. The van der Waals surface area contributed by atoms with Gasteiger partial charge in [-0.25, -0.2) is 4.79 Å². The van der Waals surface area contributed by atoms with Crippen LogP contribution in [0.5, 0.6) is 0 Å². The summed E-state index contributed by atoms with van der Waals surface area (Å²) in [5.74, 6) is -0.542. The Morgan fingerprint density at radius 2 is 2.36 bits per heavy atom. The Bertz CT molecular complexity index is 136. The van der Waals surface area contributed by atoms with Gasteiger partial charge in [-0.3, -0.25) is 0 Å². The summed E-state index contributed by atoms with van der Waals surface area (Å²) in [6, 6.07) is 0. The van der Waals surface area contributed by atoms with Gasteiger partial charge in [0.15, 0.2) is 0 Å². The molecule has 0 spiro atoms. The maximum atomic E-state index is 11.0. The molecule has 4 nitrogen and oxygen atoms in total. The third kappa shape index (κ3) is 2.69. The first-order valence-corrected chi connectivity index (χ1v) is 3.91. The second-order valence-corrected chi connectivity index (χ2v) is 2.51. The molecule has 0 fully saturated rings. The molecule has 0 radical (unpaired) electrons. The molecule has 0 aliphatic heterocycles. The predicted molar refractivity (Wildman–Crippen MR) is 44.5 cm³/mol. The monoisotopic (exact) mass is 179 g/mol. The van der Waals surface area contributed by atoms with Gasteiger partial charge in [0.2, 0.25) is 0 Å². The highest BCUT2D eigenvalue weighted by atomic mass is 32.1. The number of thiol groups is 1. The van der Waals surface area contributed by atoms with Crippen molar-refractivity contribution in [1.82, 2.24) is 0 Å². The van der Waals surface area contributed by atoms with Crippen LogP contribution in [0.25, 0.3) is 0 Å². The van der Waals surface area contributed by atoms with Crippen molar-refractivity contribution < 1.29 is 14.6 Å². The van der Waals surface area contributed by atoms with Gasteiger partial charge in [0.1, 0.15) is 5.54 Å². The van der Waals surface area contributed by atoms with Crippen LogP contribution in [0.1, 0.15) is 6.92 Å². The second kappa shape index (κ2) is 4.58. The Morgan fingerprint density at radius 1 is 1.82 bits per heavy atom. The van der Waals surface area contributed by atoms with Gasteiger partial charge in [-0.15, -0.1) is 0 Å². The fourth-order valence-electron chi connectivity index (χ4n) is 0.454. The lowest BCUT2D eigenvalue weighted by atomic mass is 10.1. The first-order chi connectivity index (χ1) is 5.10. The molecule has 0 aromatic rings. The van der Waals surface area contributed by atoms with Crippen LogP contribution in [0.3, 0.4) is 0 Å². The maximum Gasteiger partial charge on any atom is 0.329 e. The van der Waals surface area contributed by atoms with Crippen molar-refractivity contribution in [1.29, 1.82) is 0 Å². The zero-order valence-corrected chi connectivity index (χ0v) is 7.30. The van der Waals surface area contributed by atoms with E-state index in [4.69, 9.17) is 10.8 Å². The molecule has 1 unspecified atom stereocenters. The molecule has 0 aliphatic rings. The first kappa shape index (κ1) is 10.7. The Hall–Kier alpha value is -0.260. The SMILES string of the molecule is CCOC(=O)C(N)(CO)CS. The summed E-state index contributed by atoms with van der Waals surface area (Å²) in [5, 5.41) is 8.71. The highest BCUT2D eigenvalue weighted by Crippen LogP contribution is 2.04. The molecule has 11 heavy (non-hydrogen) atoms. The normalized spacial score (nSPS) is 15.6. The second-order valence-electron chi connectivity index (χ2n) is 2.19. The van der Waals surface area contributed by atoms with Crippen LogP contribution in [-0.4, -0.2) is 35.6 Å². The summed E-state index contributed by atoms with van der Waals surface area (Å²) >= 11 is 3.83. The quantitative estimate of drug-likeness (QED) is 0.389. The molecule has 0 rings (SSSR count). The highest BCUT2D eigenvalue weighted by Gasteiger charge is 2.33. The maximum absolute atomic E-state index is 11.0. The smallest absolute Gasteiger partial charge is 0.329 e. The topological polar surface area (TPSA) is 72.5 Å². The first-order valence-electron chi connectivity index (χ1n) is 3.28. The number of carbonyl (C=O) groups excluding carboxylic acids is 1. The van der Waals surface area contributed by atoms with Crippen molar-refractivity contribution in [3.05, 3.63) is 0 Å². The third-order valence-electron chi connectivity index (χ3n) is 1.25. The van der Waals surface area contributed by atoms with Crippen LogP contribution >= 0.6 is 12.6 Å². The molecule has 5 heteroatoms. The molecule has 1 atom stereocenters. The van der Waals surface area contributed by atoms with Gasteiger partial charge in [0.25, 0.3) is 0 Å². The van der Waals surface area contributed by atoms with E-state index in [1.54, 1.807) is 6.92 Å². The third-order valence-corrected chi connectivity index (χ3v) is 1.81. The molecule has 0 bridgehead atoms. The van der Waals surface area contributed by atoms with E-state index < -0.39 is 18.1 Å². The van der Waals surface area contributed by atoms with E-state index in [-0.39, 0.29) is 12.4 Å². The minimum Gasteiger partial charge on any atom is -0.465 e. The largest absolute Gasteiger partial charge is 0.465 e. The number of rotatable bonds is 4. The van der Waals surface area contributed by atoms with E-state index in [1.165, 1.54) is 0 Å². The molecule has 66 valence electrons. The Morgan fingerprint density at radius 3 is 2.64 bits per heavy atom. The summed E-state index contributed by atoms with van der Waals surface area (Å²) in [4.78, 5) is 11.0. The lowest BCUT2D eigenvalue weighted by molar-refractivity contribution is -0.150. The number of aliphatic hydroxyl groups is 1. The Kier molecular flexibility index (Phi) is 4.48. The number of hydrogen-bond donors (Lipinski definition) is 3. The lowest BCUT2D eigenvalue weighted by Crippen LogP contribution is -2.54. The van der Waals surface area contributed by atoms with E-state index in [1.807, 2.05) is 0 Å². The average Bonchev–Trinajstić information content (AvgIpc) is 2.03. The summed E-state index contributed by atoms with van der Waals surface area (Å²) in [5.41, 5.74) is 4.08. The molecular weight excluding hydrogens is 166 g/mol. The minimum absolute atomic E-state index is 0.0718. The minimum atomic E-state index is -1.35. The van der Waals surface area contributed by atoms with Gasteiger partial charge in [-0.05, 0) is 6.92 Å². The standard InChI is InChI=1S/C6H13NO3S/c1-2-10-5(9)6(7,3-8)4-11/h8,11H,2-4,7H2,1H3.